The molecule has 2 aromatic carbocycles. The van der Waals surface area contributed by atoms with E-state index < -0.39 is 28.2 Å². The predicted molar refractivity (Wildman–Crippen MR) is 109 cm³/mol. The van der Waals surface area contributed by atoms with Gasteiger partial charge in [0.1, 0.15) is 17.1 Å². The number of carbonyl (C=O) groups excluding carboxylic acids is 1. The Bertz CT molecular complexity index is 1140. The molecular weight excluding hydrogens is 480 g/mol. The van der Waals surface area contributed by atoms with E-state index in [-0.39, 0.29) is 31.8 Å². The van der Waals surface area contributed by atoms with Crippen LogP contribution >= 0.6 is 39.1 Å². The van der Waals surface area contributed by atoms with Gasteiger partial charge in [0.25, 0.3) is 0 Å². The SMILES string of the molecule is CC(=O)c1c([S+]([O-])Cc2ccc(F)c(Cl)c2)[nH]c2c(Br)ccc(Cl)c2c1=O. The number of aromatic nitrogens is 1. The fourth-order valence-electron chi connectivity index (χ4n) is 2.64. The second-order valence-corrected chi connectivity index (χ2v) is 8.79. The molecule has 1 N–H and O–H groups in total. The van der Waals surface area contributed by atoms with Gasteiger partial charge in [-0.25, -0.2) is 4.39 Å². The van der Waals surface area contributed by atoms with Crippen LogP contribution in [0.5, 0.6) is 0 Å². The van der Waals surface area contributed by atoms with Crippen molar-refractivity contribution in [2.75, 3.05) is 0 Å². The van der Waals surface area contributed by atoms with Gasteiger partial charge < -0.3 is 9.54 Å². The molecule has 0 saturated heterocycles. The molecule has 0 spiro atoms. The number of pyridine rings is 1. The second kappa shape index (κ2) is 7.93. The molecule has 1 heterocycles. The van der Waals surface area contributed by atoms with Crippen LogP contribution in [0.3, 0.4) is 0 Å². The van der Waals surface area contributed by atoms with Gasteiger partial charge in [-0.2, -0.15) is 0 Å². The van der Waals surface area contributed by atoms with E-state index in [0.717, 1.165) is 0 Å². The molecule has 27 heavy (non-hydrogen) atoms. The van der Waals surface area contributed by atoms with Crippen molar-refractivity contribution < 1.29 is 13.7 Å². The van der Waals surface area contributed by atoms with Crippen molar-refractivity contribution in [2.24, 2.45) is 0 Å². The van der Waals surface area contributed by atoms with Gasteiger partial charge in [-0.1, -0.05) is 29.3 Å². The monoisotopic (exact) mass is 489 g/mol. The van der Waals surface area contributed by atoms with E-state index in [0.29, 0.717) is 15.6 Å². The number of aromatic amines is 1. The molecule has 3 aromatic rings. The molecule has 1 aromatic heterocycles. The summed E-state index contributed by atoms with van der Waals surface area (Å²) in [5, 5.41) is 0.211. The van der Waals surface area contributed by atoms with Crippen molar-refractivity contribution in [3.8, 4) is 0 Å². The Hall–Kier alpha value is -1.38. The third-order valence-corrected chi connectivity index (χ3v) is 6.51. The van der Waals surface area contributed by atoms with Gasteiger partial charge in [0.2, 0.25) is 10.5 Å². The molecule has 140 valence electrons. The summed E-state index contributed by atoms with van der Waals surface area (Å²) in [6.07, 6.45) is 0. The maximum atomic E-state index is 13.3. The van der Waals surface area contributed by atoms with Crippen LogP contribution in [0.25, 0.3) is 10.9 Å². The first-order chi connectivity index (χ1) is 12.7. The fourth-order valence-corrected chi connectivity index (χ4v) is 4.83. The number of benzene rings is 2. The van der Waals surface area contributed by atoms with E-state index in [4.69, 9.17) is 23.2 Å². The number of H-pyrrole nitrogens is 1. The lowest BCUT2D eigenvalue weighted by molar-refractivity contribution is 0.101. The Morgan fingerprint density at radius 3 is 2.59 bits per heavy atom. The lowest BCUT2D eigenvalue weighted by Gasteiger charge is -2.15. The highest BCUT2D eigenvalue weighted by atomic mass is 79.9. The van der Waals surface area contributed by atoms with E-state index in [1.807, 2.05) is 0 Å². The van der Waals surface area contributed by atoms with Gasteiger partial charge >= 0.3 is 0 Å². The van der Waals surface area contributed by atoms with Crippen LogP contribution in [-0.2, 0) is 16.9 Å². The Morgan fingerprint density at radius 2 is 1.96 bits per heavy atom. The number of nitrogens with one attached hydrogen (secondary N) is 1. The molecule has 1 unspecified atom stereocenters. The zero-order valence-corrected chi connectivity index (χ0v) is 17.7. The van der Waals surface area contributed by atoms with Crippen LogP contribution in [0.1, 0.15) is 22.8 Å². The number of hydrogen-bond acceptors (Lipinski definition) is 3. The standard InChI is InChI=1S/C18H11BrCl2FNO3S/c1-8(24)14-17(25)15-11(20)4-3-10(19)16(15)23-18(14)27(26)7-9-2-5-13(22)12(21)6-9/h2-6H,7H2,1H3,(H,23,25). The summed E-state index contributed by atoms with van der Waals surface area (Å²) in [4.78, 5) is 27.9. The molecule has 0 fully saturated rings. The highest BCUT2D eigenvalue weighted by Crippen LogP contribution is 2.30. The predicted octanol–water partition coefficient (Wildman–Crippen LogP) is 5.25. The zero-order chi connectivity index (χ0) is 19.9. The smallest absolute Gasteiger partial charge is 0.238 e. The van der Waals surface area contributed by atoms with Crippen molar-refractivity contribution in [1.29, 1.82) is 0 Å². The van der Waals surface area contributed by atoms with Crippen molar-refractivity contribution in [2.45, 2.75) is 17.7 Å². The molecular formula is C18H11BrCl2FNO3S. The highest BCUT2D eigenvalue weighted by molar-refractivity contribution is 9.10. The topological polar surface area (TPSA) is 73.0 Å². The number of carbonyl (C=O) groups is 1. The number of fused-ring (bicyclic) bond motifs is 1. The van der Waals surface area contributed by atoms with Gasteiger partial charge in [0, 0.05) is 21.2 Å². The van der Waals surface area contributed by atoms with Gasteiger partial charge in [0.05, 0.1) is 20.9 Å². The quantitative estimate of drug-likeness (QED) is 0.401. The van der Waals surface area contributed by atoms with Gasteiger partial charge in [0.15, 0.2) is 5.78 Å². The largest absolute Gasteiger partial charge is 0.610 e. The van der Waals surface area contributed by atoms with Crippen LogP contribution in [0.4, 0.5) is 4.39 Å². The minimum Gasteiger partial charge on any atom is -0.610 e. The number of ketones is 1. The summed E-state index contributed by atoms with van der Waals surface area (Å²) in [5.74, 6) is -1.18. The third kappa shape index (κ3) is 3.93. The molecule has 0 aliphatic rings. The van der Waals surface area contributed by atoms with Crippen molar-refractivity contribution in [1.82, 2.24) is 4.98 Å². The normalized spacial score (nSPS) is 12.4. The Balaban J connectivity index is 2.18. The van der Waals surface area contributed by atoms with Crippen molar-refractivity contribution in [3.05, 3.63) is 72.0 Å². The van der Waals surface area contributed by atoms with Crippen LogP contribution in [0.15, 0.2) is 44.6 Å². The molecule has 0 amide bonds. The van der Waals surface area contributed by atoms with E-state index in [2.05, 4.69) is 20.9 Å². The fraction of sp³-hybridized carbons (Fsp3) is 0.111. The minimum atomic E-state index is -1.78. The molecule has 0 radical (unpaired) electrons. The molecule has 0 saturated carbocycles. The Morgan fingerprint density at radius 1 is 1.26 bits per heavy atom. The summed E-state index contributed by atoms with van der Waals surface area (Å²) < 4.78 is 26.8. The molecule has 0 aliphatic heterocycles. The van der Waals surface area contributed by atoms with Gasteiger partial charge in [-0.3, -0.25) is 9.59 Å². The zero-order valence-electron chi connectivity index (χ0n) is 13.7. The molecule has 0 bridgehead atoms. The summed E-state index contributed by atoms with van der Waals surface area (Å²) in [6.45, 7) is 1.22. The first-order valence-electron chi connectivity index (χ1n) is 7.58. The number of rotatable bonds is 4. The lowest BCUT2D eigenvalue weighted by Crippen LogP contribution is -2.22. The van der Waals surface area contributed by atoms with Crippen molar-refractivity contribution >= 4 is 67.0 Å². The van der Waals surface area contributed by atoms with E-state index in [1.54, 1.807) is 6.07 Å². The molecule has 4 nitrogen and oxygen atoms in total. The lowest BCUT2D eigenvalue weighted by atomic mass is 10.1. The first kappa shape index (κ1) is 20.4. The van der Waals surface area contributed by atoms with E-state index in [1.165, 1.54) is 31.2 Å². The summed E-state index contributed by atoms with van der Waals surface area (Å²) in [7, 11) is 0. The molecule has 3 rings (SSSR count). The number of Topliss-reactive ketones (excluding diaryl/α,β-unsaturated/α-hetero) is 1. The minimum absolute atomic E-state index is 0.0107. The Labute approximate surface area is 175 Å². The highest BCUT2D eigenvalue weighted by Gasteiger charge is 2.27. The molecule has 0 aliphatic carbocycles. The maximum Gasteiger partial charge on any atom is 0.238 e. The maximum absolute atomic E-state index is 13.3. The van der Waals surface area contributed by atoms with Gasteiger partial charge in [-0.15, -0.1) is 0 Å². The van der Waals surface area contributed by atoms with E-state index >= 15 is 0 Å². The third-order valence-electron chi connectivity index (χ3n) is 3.88. The number of hydrogen-bond donors (Lipinski definition) is 1. The van der Waals surface area contributed by atoms with Crippen LogP contribution in [0, 0.1) is 5.82 Å². The van der Waals surface area contributed by atoms with Crippen LogP contribution in [-0.4, -0.2) is 15.3 Å². The van der Waals surface area contributed by atoms with Crippen LogP contribution in [0.2, 0.25) is 10.0 Å². The first-order valence-corrected chi connectivity index (χ1v) is 10.4. The Kier molecular flexibility index (Phi) is 5.98. The summed E-state index contributed by atoms with van der Waals surface area (Å²) in [5.41, 5.74) is 0.0374. The molecule has 9 heteroatoms. The summed E-state index contributed by atoms with van der Waals surface area (Å²) in [6, 6.07) is 7.14. The average Bonchev–Trinajstić information content (AvgIpc) is 2.60. The van der Waals surface area contributed by atoms with Gasteiger partial charge in [-0.05, 0) is 47.1 Å². The molecule has 1 atom stereocenters. The average molecular weight is 491 g/mol. The summed E-state index contributed by atoms with van der Waals surface area (Å²) >= 11 is 13.4. The van der Waals surface area contributed by atoms with E-state index in [9.17, 15) is 18.5 Å². The number of halogens is 4. The van der Waals surface area contributed by atoms with Crippen LogP contribution < -0.4 is 5.43 Å². The van der Waals surface area contributed by atoms with Crippen molar-refractivity contribution in [3.63, 3.8) is 0 Å². The second-order valence-electron chi connectivity index (χ2n) is 5.73.